The summed E-state index contributed by atoms with van der Waals surface area (Å²) >= 11 is 1.15. The fourth-order valence-electron chi connectivity index (χ4n) is 1.44. The molecule has 0 radical (unpaired) electrons. The molecule has 7 heteroatoms. The minimum absolute atomic E-state index is 0.108. The second-order valence-corrected chi connectivity index (χ2v) is 4.51. The number of ether oxygens (including phenoxy) is 1. The molecule has 0 aliphatic rings. The van der Waals surface area contributed by atoms with Crippen molar-refractivity contribution < 1.29 is 9.84 Å². The first-order valence-corrected chi connectivity index (χ1v) is 6.72. The van der Waals surface area contributed by atoms with Crippen LogP contribution >= 0.6 is 11.3 Å². The zero-order chi connectivity index (χ0) is 14.4. The van der Waals surface area contributed by atoms with Crippen LogP contribution in [0.5, 0.6) is 11.6 Å². The van der Waals surface area contributed by atoms with Gasteiger partial charge in [-0.15, -0.1) is 11.3 Å². The summed E-state index contributed by atoms with van der Waals surface area (Å²) in [7, 11) is 0. The van der Waals surface area contributed by atoms with Gasteiger partial charge >= 0.3 is 0 Å². The van der Waals surface area contributed by atoms with E-state index in [1.165, 1.54) is 5.38 Å². The Balaban J connectivity index is 2.15. The van der Waals surface area contributed by atoms with E-state index in [1.807, 2.05) is 25.1 Å². The lowest BCUT2D eigenvalue weighted by Gasteiger charge is -2.05. The Morgan fingerprint density at radius 3 is 3.10 bits per heavy atom. The maximum Gasteiger partial charge on any atom is 0.222 e. The van der Waals surface area contributed by atoms with Gasteiger partial charge in [0.25, 0.3) is 0 Å². The van der Waals surface area contributed by atoms with Gasteiger partial charge in [-0.1, -0.05) is 6.07 Å². The van der Waals surface area contributed by atoms with Crippen molar-refractivity contribution in [2.45, 2.75) is 6.92 Å². The zero-order valence-corrected chi connectivity index (χ0v) is 11.5. The Hall–Kier alpha value is -2.59. The number of hydrogen-bond acceptors (Lipinski definition) is 7. The molecule has 0 saturated heterocycles. The molecule has 0 bridgehead atoms. The van der Waals surface area contributed by atoms with Crippen molar-refractivity contribution in [3.05, 3.63) is 34.7 Å². The first-order valence-electron chi connectivity index (χ1n) is 5.84. The van der Waals surface area contributed by atoms with Crippen LogP contribution in [0.25, 0.3) is 0 Å². The first-order chi connectivity index (χ1) is 9.72. The van der Waals surface area contributed by atoms with E-state index in [1.54, 1.807) is 12.1 Å². The average molecular weight is 288 g/mol. The number of hydrazone groups is 1. The van der Waals surface area contributed by atoms with Gasteiger partial charge < -0.3 is 9.84 Å². The third-order valence-electron chi connectivity index (χ3n) is 2.24. The highest BCUT2D eigenvalue weighted by Gasteiger charge is 2.08. The lowest BCUT2D eigenvalue weighted by molar-refractivity contribution is 0.340. The Labute approximate surface area is 120 Å². The van der Waals surface area contributed by atoms with Crippen LogP contribution in [0.3, 0.4) is 0 Å². The molecule has 2 N–H and O–H groups in total. The second-order valence-electron chi connectivity index (χ2n) is 3.66. The second kappa shape index (κ2) is 6.54. The van der Waals surface area contributed by atoms with Crippen LogP contribution < -0.4 is 10.2 Å². The molecule has 2 rings (SSSR count). The Bertz CT molecular complexity index is 660. The van der Waals surface area contributed by atoms with Gasteiger partial charge in [0.05, 0.1) is 17.7 Å². The molecule has 2 aromatic rings. The van der Waals surface area contributed by atoms with E-state index in [2.05, 4.69) is 15.5 Å². The molecular formula is C13H12N4O2S. The zero-order valence-electron chi connectivity index (χ0n) is 10.7. The highest BCUT2D eigenvalue weighted by molar-refractivity contribution is 7.12. The van der Waals surface area contributed by atoms with E-state index in [-0.39, 0.29) is 11.6 Å². The molecular weight excluding hydrogens is 276 g/mol. The SMILES string of the molecule is CCOc1cccc(NN=C(C#N)c2nc(O)cs2)c1. The normalized spacial score (nSPS) is 10.9. The Kier molecular flexibility index (Phi) is 4.52. The number of aromatic nitrogens is 1. The fourth-order valence-corrected chi connectivity index (χ4v) is 2.06. The molecule has 0 saturated carbocycles. The van der Waals surface area contributed by atoms with Gasteiger partial charge in [-0.3, -0.25) is 5.43 Å². The third kappa shape index (κ3) is 3.46. The van der Waals surface area contributed by atoms with Crippen molar-refractivity contribution >= 4 is 22.7 Å². The maximum atomic E-state index is 9.18. The molecule has 0 fully saturated rings. The minimum atomic E-state index is -0.119. The van der Waals surface area contributed by atoms with Crippen molar-refractivity contribution in [1.29, 1.82) is 5.26 Å². The molecule has 0 atom stereocenters. The standard InChI is InChI=1S/C13H12N4O2S/c1-2-19-10-5-3-4-9(6-10)16-17-11(7-14)13-15-12(18)8-20-13/h3-6,8,16,18H,2H2,1H3. The number of thiazole rings is 1. The van der Waals surface area contributed by atoms with Gasteiger partial charge in [-0.05, 0) is 19.1 Å². The van der Waals surface area contributed by atoms with E-state index in [0.29, 0.717) is 17.3 Å². The molecule has 1 heterocycles. The highest BCUT2D eigenvalue weighted by Crippen LogP contribution is 2.18. The van der Waals surface area contributed by atoms with E-state index < -0.39 is 0 Å². The number of nitrogens with one attached hydrogen (secondary N) is 1. The van der Waals surface area contributed by atoms with Gasteiger partial charge in [-0.2, -0.15) is 15.3 Å². The predicted molar refractivity (Wildman–Crippen MR) is 77.2 cm³/mol. The number of rotatable bonds is 5. The van der Waals surface area contributed by atoms with E-state index in [4.69, 9.17) is 10.00 Å². The predicted octanol–water partition coefficient (Wildman–Crippen LogP) is 2.59. The quantitative estimate of drug-likeness (QED) is 0.652. The number of benzene rings is 1. The fraction of sp³-hybridized carbons (Fsp3) is 0.154. The van der Waals surface area contributed by atoms with Crippen molar-refractivity contribution in [3.8, 4) is 17.7 Å². The molecule has 1 aromatic carbocycles. The Morgan fingerprint density at radius 1 is 1.60 bits per heavy atom. The summed E-state index contributed by atoms with van der Waals surface area (Å²) < 4.78 is 5.37. The number of nitriles is 1. The summed E-state index contributed by atoms with van der Waals surface area (Å²) in [6, 6.07) is 9.18. The summed E-state index contributed by atoms with van der Waals surface area (Å²) in [4.78, 5) is 3.80. The molecule has 0 aliphatic carbocycles. The van der Waals surface area contributed by atoms with Crippen LogP contribution in [0.15, 0.2) is 34.7 Å². The van der Waals surface area contributed by atoms with Crippen LogP contribution in [0.1, 0.15) is 11.9 Å². The molecule has 102 valence electrons. The lowest BCUT2D eigenvalue weighted by atomic mass is 10.3. The van der Waals surface area contributed by atoms with Crippen LogP contribution in [-0.2, 0) is 0 Å². The number of aromatic hydroxyl groups is 1. The topological polar surface area (TPSA) is 90.5 Å². The van der Waals surface area contributed by atoms with Crippen LogP contribution in [0.4, 0.5) is 5.69 Å². The van der Waals surface area contributed by atoms with Crippen molar-refractivity contribution in [2.75, 3.05) is 12.0 Å². The number of nitrogens with zero attached hydrogens (tertiary/aromatic N) is 3. The number of hydrogen-bond donors (Lipinski definition) is 2. The van der Waals surface area contributed by atoms with Gasteiger partial charge in [0, 0.05) is 6.07 Å². The first kappa shape index (κ1) is 13.8. The lowest BCUT2D eigenvalue weighted by Crippen LogP contribution is -2.01. The average Bonchev–Trinajstić information content (AvgIpc) is 2.87. The summed E-state index contributed by atoms with van der Waals surface area (Å²) in [5, 5.41) is 24.0. The van der Waals surface area contributed by atoms with Crippen LogP contribution in [0, 0.1) is 11.3 Å². The molecule has 1 aromatic heterocycles. The summed E-state index contributed by atoms with van der Waals surface area (Å²) in [5.41, 5.74) is 3.58. The smallest absolute Gasteiger partial charge is 0.222 e. The van der Waals surface area contributed by atoms with E-state index in [9.17, 15) is 5.11 Å². The summed E-state index contributed by atoms with van der Waals surface area (Å²) in [6.45, 7) is 2.48. The summed E-state index contributed by atoms with van der Waals surface area (Å²) in [5.74, 6) is 0.601. The third-order valence-corrected chi connectivity index (χ3v) is 3.08. The molecule has 0 amide bonds. The molecule has 20 heavy (non-hydrogen) atoms. The van der Waals surface area contributed by atoms with Crippen molar-refractivity contribution in [1.82, 2.24) is 4.98 Å². The van der Waals surface area contributed by atoms with Gasteiger partial charge in [-0.25, -0.2) is 0 Å². The van der Waals surface area contributed by atoms with Gasteiger partial charge in [0.15, 0.2) is 10.7 Å². The largest absolute Gasteiger partial charge is 0.494 e. The molecule has 6 nitrogen and oxygen atoms in total. The maximum absolute atomic E-state index is 9.18. The van der Waals surface area contributed by atoms with E-state index >= 15 is 0 Å². The van der Waals surface area contributed by atoms with Crippen LogP contribution in [0.2, 0.25) is 0 Å². The number of anilines is 1. The van der Waals surface area contributed by atoms with Gasteiger partial charge in [0.1, 0.15) is 11.8 Å². The molecule has 0 spiro atoms. The van der Waals surface area contributed by atoms with Crippen molar-refractivity contribution in [2.24, 2.45) is 5.10 Å². The highest BCUT2D eigenvalue weighted by atomic mass is 32.1. The molecule has 0 aliphatic heterocycles. The molecule has 0 unspecified atom stereocenters. The monoisotopic (exact) mass is 288 g/mol. The summed E-state index contributed by atoms with van der Waals surface area (Å²) in [6.07, 6.45) is 0. The minimum Gasteiger partial charge on any atom is -0.494 e. The Morgan fingerprint density at radius 2 is 2.45 bits per heavy atom. The van der Waals surface area contributed by atoms with E-state index in [0.717, 1.165) is 17.1 Å². The van der Waals surface area contributed by atoms with Crippen molar-refractivity contribution in [3.63, 3.8) is 0 Å². The van der Waals surface area contributed by atoms with Crippen LogP contribution in [-0.4, -0.2) is 22.4 Å². The van der Waals surface area contributed by atoms with Gasteiger partial charge in [0.2, 0.25) is 5.88 Å².